The number of nitrogens with zero attached hydrogens (tertiary/aromatic N) is 6. The molecular formula is C19H23N7. The number of fused-ring (bicyclic) bond motifs is 1. The summed E-state index contributed by atoms with van der Waals surface area (Å²) in [5.41, 5.74) is 6.54. The molecule has 3 aromatic heterocycles. The third-order valence-electron chi connectivity index (χ3n) is 4.79. The average Bonchev–Trinajstić information content (AvgIpc) is 3.07. The van der Waals surface area contributed by atoms with Crippen LogP contribution in [0.5, 0.6) is 0 Å². The highest BCUT2D eigenvalue weighted by molar-refractivity contribution is 5.62. The van der Waals surface area contributed by atoms with Gasteiger partial charge in [0.15, 0.2) is 0 Å². The van der Waals surface area contributed by atoms with E-state index in [1.807, 2.05) is 32.6 Å². The van der Waals surface area contributed by atoms with Crippen molar-refractivity contribution >= 4 is 5.95 Å². The van der Waals surface area contributed by atoms with Crippen LogP contribution in [0, 0.1) is 13.8 Å². The molecular weight excluding hydrogens is 326 g/mol. The van der Waals surface area contributed by atoms with Gasteiger partial charge >= 0.3 is 0 Å². The van der Waals surface area contributed by atoms with E-state index in [0.717, 1.165) is 41.2 Å². The molecule has 0 bridgehead atoms. The molecule has 0 saturated heterocycles. The standard InChI is InChI=1S/C19H23N7/c1-12-8-20-19(25-18(12)14-9-22-26(3)11-14)21-10-17-23-13(2)15-6-4-5-7-16(15)24-17/h8-9,11H,4-7,10H2,1-3H3,(H,20,21,25). The minimum absolute atomic E-state index is 0.518. The van der Waals surface area contributed by atoms with Crippen LogP contribution in [-0.2, 0) is 26.4 Å². The second-order valence-corrected chi connectivity index (χ2v) is 6.84. The molecule has 26 heavy (non-hydrogen) atoms. The summed E-state index contributed by atoms with van der Waals surface area (Å²) in [4.78, 5) is 18.4. The van der Waals surface area contributed by atoms with Crippen LogP contribution in [-0.4, -0.2) is 29.7 Å². The minimum atomic E-state index is 0.518. The third kappa shape index (κ3) is 3.29. The monoisotopic (exact) mass is 349 g/mol. The lowest BCUT2D eigenvalue weighted by Crippen LogP contribution is -2.14. The molecule has 0 aromatic carbocycles. The highest BCUT2D eigenvalue weighted by Gasteiger charge is 2.15. The van der Waals surface area contributed by atoms with E-state index in [4.69, 9.17) is 4.98 Å². The van der Waals surface area contributed by atoms with Gasteiger partial charge in [-0.05, 0) is 50.7 Å². The Bertz CT molecular complexity index is 945. The van der Waals surface area contributed by atoms with E-state index in [1.165, 1.54) is 24.1 Å². The average molecular weight is 349 g/mol. The molecule has 0 saturated carbocycles. The molecule has 134 valence electrons. The second kappa shape index (κ2) is 6.82. The summed E-state index contributed by atoms with van der Waals surface area (Å²) >= 11 is 0. The number of aryl methyl sites for hydroxylation is 4. The second-order valence-electron chi connectivity index (χ2n) is 6.84. The van der Waals surface area contributed by atoms with Gasteiger partial charge in [0.05, 0.1) is 18.4 Å². The van der Waals surface area contributed by atoms with E-state index >= 15 is 0 Å². The Hall–Kier alpha value is -2.83. The van der Waals surface area contributed by atoms with Crippen molar-refractivity contribution in [1.29, 1.82) is 0 Å². The molecule has 0 radical (unpaired) electrons. The van der Waals surface area contributed by atoms with Crippen LogP contribution in [0.25, 0.3) is 11.3 Å². The number of aromatic nitrogens is 6. The molecule has 1 N–H and O–H groups in total. The summed E-state index contributed by atoms with van der Waals surface area (Å²) in [7, 11) is 1.90. The van der Waals surface area contributed by atoms with Crippen LogP contribution in [0.4, 0.5) is 5.95 Å². The molecule has 1 aliphatic carbocycles. The summed E-state index contributed by atoms with van der Waals surface area (Å²) in [5, 5.41) is 7.49. The zero-order chi connectivity index (χ0) is 18.1. The van der Waals surface area contributed by atoms with Gasteiger partial charge in [-0.2, -0.15) is 5.10 Å². The fraction of sp³-hybridized carbons (Fsp3) is 0.421. The highest BCUT2D eigenvalue weighted by atomic mass is 15.2. The van der Waals surface area contributed by atoms with Crippen LogP contribution >= 0.6 is 0 Å². The zero-order valence-corrected chi connectivity index (χ0v) is 15.5. The summed E-state index contributed by atoms with van der Waals surface area (Å²) < 4.78 is 1.77. The van der Waals surface area contributed by atoms with Gasteiger partial charge in [-0.15, -0.1) is 0 Å². The fourth-order valence-corrected chi connectivity index (χ4v) is 3.44. The molecule has 7 nitrogen and oxygen atoms in total. The van der Waals surface area contributed by atoms with Crippen molar-refractivity contribution in [3.63, 3.8) is 0 Å². The van der Waals surface area contributed by atoms with E-state index in [2.05, 4.69) is 32.3 Å². The minimum Gasteiger partial charge on any atom is -0.347 e. The van der Waals surface area contributed by atoms with Crippen molar-refractivity contribution < 1.29 is 0 Å². The van der Waals surface area contributed by atoms with E-state index in [-0.39, 0.29) is 0 Å². The summed E-state index contributed by atoms with van der Waals surface area (Å²) in [6.07, 6.45) is 10.2. The van der Waals surface area contributed by atoms with E-state index in [0.29, 0.717) is 12.5 Å². The fourth-order valence-electron chi connectivity index (χ4n) is 3.44. The number of rotatable bonds is 4. The Morgan fingerprint density at radius 3 is 2.73 bits per heavy atom. The quantitative estimate of drug-likeness (QED) is 0.780. The van der Waals surface area contributed by atoms with Crippen LogP contribution in [0.1, 0.15) is 41.2 Å². The van der Waals surface area contributed by atoms with Gasteiger partial charge in [0.1, 0.15) is 5.82 Å². The van der Waals surface area contributed by atoms with Gasteiger partial charge in [-0.3, -0.25) is 4.68 Å². The molecule has 4 rings (SSSR count). The van der Waals surface area contributed by atoms with Gasteiger partial charge in [0, 0.05) is 36.4 Å². The molecule has 0 fully saturated rings. The molecule has 0 unspecified atom stereocenters. The molecule has 7 heteroatoms. The molecule has 0 atom stereocenters. The Labute approximate surface area is 152 Å². The first kappa shape index (κ1) is 16.6. The molecule has 3 aromatic rings. The van der Waals surface area contributed by atoms with E-state index < -0.39 is 0 Å². The molecule has 0 amide bonds. The first-order valence-electron chi connectivity index (χ1n) is 9.02. The zero-order valence-electron chi connectivity index (χ0n) is 15.5. The topological polar surface area (TPSA) is 81.4 Å². The first-order valence-corrected chi connectivity index (χ1v) is 9.02. The van der Waals surface area contributed by atoms with Crippen molar-refractivity contribution in [1.82, 2.24) is 29.7 Å². The lowest BCUT2D eigenvalue weighted by Gasteiger charge is -2.17. The van der Waals surface area contributed by atoms with Crippen molar-refractivity contribution in [3.05, 3.63) is 46.9 Å². The molecule has 0 spiro atoms. The molecule has 0 aliphatic heterocycles. The van der Waals surface area contributed by atoms with Gasteiger partial charge < -0.3 is 5.32 Å². The highest BCUT2D eigenvalue weighted by Crippen LogP contribution is 2.23. The summed E-state index contributed by atoms with van der Waals surface area (Å²) in [6, 6.07) is 0. The number of hydrogen-bond donors (Lipinski definition) is 1. The lowest BCUT2D eigenvalue weighted by atomic mass is 9.95. The largest absolute Gasteiger partial charge is 0.347 e. The number of hydrogen-bond acceptors (Lipinski definition) is 6. The van der Waals surface area contributed by atoms with E-state index in [1.54, 1.807) is 4.68 Å². The maximum atomic E-state index is 4.75. The van der Waals surface area contributed by atoms with Gasteiger partial charge in [0.2, 0.25) is 5.95 Å². The van der Waals surface area contributed by atoms with Crippen molar-refractivity contribution in [2.75, 3.05) is 5.32 Å². The molecule has 1 aliphatic rings. The maximum absolute atomic E-state index is 4.75. The number of nitrogens with one attached hydrogen (secondary N) is 1. The van der Waals surface area contributed by atoms with Gasteiger partial charge in [0.25, 0.3) is 0 Å². The predicted molar refractivity (Wildman–Crippen MR) is 99.7 cm³/mol. The Morgan fingerprint density at radius 2 is 1.92 bits per heavy atom. The normalized spacial score (nSPS) is 13.5. The van der Waals surface area contributed by atoms with Crippen molar-refractivity contribution in [3.8, 4) is 11.3 Å². The smallest absolute Gasteiger partial charge is 0.223 e. The first-order chi connectivity index (χ1) is 12.6. The van der Waals surface area contributed by atoms with Crippen molar-refractivity contribution in [2.24, 2.45) is 7.05 Å². The summed E-state index contributed by atoms with van der Waals surface area (Å²) in [6.45, 7) is 4.60. The third-order valence-corrected chi connectivity index (χ3v) is 4.79. The maximum Gasteiger partial charge on any atom is 0.223 e. The predicted octanol–water partition coefficient (Wildman–Crippen LogP) is 2.77. The SMILES string of the molecule is Cc1cnc(NCc2nc(C)c3c(n2)CCCC3)nc1-c1cnn(C)c1. The van der Waals surface area contributed by atoms with Gasteiger partial charge in [-0.25, -0.2) is 19.9 Å². The Morgan fingerprint density at radius 1 is 1.08 bits per heavy atom. The van der Waals surface area contributed by atoms with Crippen LogP contribution in [0.2, 0.25) is 0 Å². The van der Waals surface area contributed by atoms with Crippen LogP contribution < -0.4 is 5.32 Å². The Kier molecular flexibility index (Phi) is 4.36. The van der Waals surface area contributed by atoms with E-state index in [9.17, 15) is 0 Å². The van der Waals surface area contributed by atoms with Crippen LogP contribution in [0.15, 0.2) is 18.6 Å². The van der Waals surface area contributed by atoms with Gasteiger partial charge in [-0.1, -0.05) is 0 Å². The van der Waals surface area contributed by atoms with Crippen molar-refractivity contribution in [2.45, 2.75) is 46.1 Å². The Balaban J connectivity index is 1.54. The van der Waals surface area contributed by atoms with Crippen LogP contribution in [0.3, 0.4) is 0 Å². The lowest BCUT2D eigenvalue weighted by molar-refractivity contribution is 0.648. The summed E-state index contributed by atoms with van der Waals surface area (Å²) in [5.74, 6) is 1.38. The number of anilines is 1. The molecule has 3 heterocycles.